The molecule has 152 valence electrons. The fourth-order valence-corrected chi connectivity index (χ4v) is 4.63. The predicted octanol–water partition coefficient (Wildman–Crippen LogP) is 7.81. The van der Waals surface area contributed by atoms with Crippen molar-refractivity contribution in [2.45, 2.75) is 77.2 Å². The number of rotatable bonds is 9. The number of hydrogen-bond acceptors (Lipinski definition) is 1. The van der Waals surface area contributed by atoms with E-state index in [2.05, 4.69) is 31.2 Å². The van der Waals surface area contributed by atoms with Crippen LogP contribution in [-0.2, 0) is 4.74 Å². The zero-order valence-electron chi connectivity index (χ0n) is 17.5. The van der Waals surface area contributed by atoms with Crippen LogP contribution in [0.25, 0.3) is 0 Å². The van der Waals surface area contributed by atoms with Crippen molar-refractivity contribution in [2.75, 3.05) is 6.61 Å². The Balaban J connectivity index is 1.63. The molecule has 0 bridgehead atoms. The first-order valence-electron chi connectivity index (χ1n) is 11.2. The third-order valence-electron chi connectivity index (χ3n) is 6.29. The van der Waals surface area contributed by atoms with Crippen LogP contribution in [0.5, 0.6) is 0 Å². The molecule has 0 aliphatic heterocycles. The van der Waals surface area contributed by atoms with Gasteiger partial charge in [0.2, 0.25) is 0 Å². The van der Waals surface area contributed by atoms with Gasteiger partial charge in [-0.15, -0.1) is 0 Å². The van der Waals surface area contributed by atoms with E-state index in [1.165, 1.54) is 63.0 Å². The van der Waals surface area contributed by atoms with E-state index < -0.39 is 0 Å². The maximum absolute atomic E-state index is 14.3. The molecule has 2 heteroatoms. The molecule has 0 heterocycles. The molecule has 0 aromatic heterocycles. The van der Waals surface area contributed by atoms with E-state index in [0.29, 0.717) is 18.1 Å². The van der Waals surface area contributed by atoms with Gasteiger partial charge in [0.1, 0.15) is 11.9 Å². The monoisotopic (exact) mass is 382 g/mol. The smallest absolute Gasteiger partial charge is 0.129 e. The van der Waals surface area contributed by atoms with Crippen molar-refractivity contribution in [1.82, 2.24) is 0 Å². The second-order valence-electron chi connectivity index (χ2n) is 8.24. The van der Waals surface area contributed by atoms with Crippen LogP contribution in [0, 0.1) is 11.7 Å². The number of ether oxygens (including phenoxy) is 1. The Morgan fingerprint density at radius 2 is 1.64 bits per heavy atom. The van der Waals surface area contributed by atoms with Crippen LogP contribution in [0.4, 0.5) is 4.39 Å². The van der Waals surface area contributed by atoms with Crippen LogP contribution in [0.15, 0.2) is 48.5 Å². The highest BCUT2D eigenvalue weighted by atomic mass is 19.1. The van der Waals surface area contributed by atoms with Gasteiger partial charge in [-0.25, -0.2) is 4.39 Å². The lowest BCUT2D eigenvalue weighted by Gasteiger charge is -2.29. The second kappa shape index (κ2) is 10.8. The third-order valence-corrected chi connectivity index (χ3v) is 6.29. The van der Waals surface area contributed by atoms with Crippen LogP contribution in [0.3, 0.4) is 0 Å². The summed E-state index contributed by atoms with van der Waals surface area (Å²) in [6.45, 7) is 4.80. The molecule has 28 heavy (non-hydrogen) atoms. The summed E-state index contributed by atoms with van der Waals surface area (Å²) in [5, 5.41) is 0. The van der Waals surface area contributed by atoms with Crippen molar-refractivity contribution in [3.8, 4) is 0 Å². The number of hydrogen-bond donors (Lipinski definition) is 0. The average molecular weight is 383 g/mol. The summed E-state index contributed by atoms with van der Waals surface area (Å²) in [4.78, 5) is 0. The molecule has 1 unspecified atom stereocenters. The summed E-state index contributed by atoms with van der Waals surface area (Å²) < 4.78 is 20.2. The Hall–Kier alpha value is -1.67. The zero-order chi connectivity index (χ0) is 19.8. The van der Waals surface area contributed by atoms with Gasteiger partial charge in [-0.05, 0) is 61.6 Å². The minimum absolute atomic E-state index is 0.202. The van der Waals surface area contributed by atoms with Crippen LogP contribution >= 0.6 is 0 Å². The fourth-order valence-electron chi connectivity index (χ4n) is 4.63. The molecule has 2 aromatic carbocycles. The van der Waals surface area contributed by atoms with Crippen molar-refractivity contribution in [2.24, 2.45) is 5.92 Å². The molecule has 1 aliphatic rings. The van der Waals surface area contributed by atoms with Gasteiger partial charge in [0.05, 0.1) is 0 Å². The third kappa shape index (κ3) is 5.44. The number of halogens is 1. The molecular formula is C26H35FO. The van der Waals surface area contributed by atoms with Crippen LogP contribution in [-0.4, -0.2) is 6.61 Å². The van der Waals surface area contributed by atoms with Gasteiger partial charge in [-0.2, -0.15) is 0 Å². The van der Waals surface area contributed by atoms with Gasteiger partial charge in [-0.3, -0.25) is 0 Å². The van der Waals surface area contributed by atoms with Gasteiger partial charge in [0.15, 0.2) is 0 Å². The van der Waals surface area contributed by atoms with E-state index >= 15 is 0 Å². The van der Waals surface area contributed by atoms with Crippen molar-refractivity contribution in [3.63, 3.8) is 0 Å². The van der Waals surface area contributed by atoms with Crippen molar-refractivity contribution >= 4 is 0 Å². The van der Waals surface area contributed by atoms with E-state index in [1.54, 1.807) is 6.07 Å². The van der Waals surface area contributed by atoms with Gasteiger partial charge < -0.3 is 4.74 Å². The molecule has 0 amide bonds. The molecule has 0 N–H and O–H groups in total. The Bertz CT molecular complexity index is 701. The number of benzene rings is 2. The summed E-state index contributed by atoms with van der Waals surface area (Å²) in [6, 6.07) is 15.7. The lowest BCUT2D eigenvalue weighted by molar-refractivity contribution is 0.0887. The van der Waals surface area contributed by atoms with E-state index in [4.69, 9.17) is 4.74 Å². The SMILES string of the molecule is CCCCCC1CCC(c2ccc(C(OCC)c3ccccc3F)cc2)CC1. The van der Waals surface area contributed by atoms with Crippen LogP contribution in [0.2, 0.25) is 0 Å². The molecule has 1 saturated carbocycles. The van der Waals surface area contributed by atoms with E-state index in [-0.39, 0.29) is 11.9 Å². The first-order chi connectivity index (χ1) is 13.7. The standard InChI is InChI=1S/C26H35FO/c1-3-5-6-9-20-12-14-21(15-13-20)22-16-18-23(19-17-22)26(28-4-2)24-10-7-8-11-25(24)27/h7-8,10-11,16-21,26H,3-6,9,12-15H2,1-2H3. The molecule has 1 aliphatic carbocycles. The Kier molecular flexibility index (Phi) is 8.09. The maximum Gasteiger partial charge on any atom is 0.129 e. The maximum atomic E-state index is 14.3. The van der Waals surface area contributed by atoms with Gasteiger partial charge >= 0.3 is 0 Å². The average Bonchev–Trinajstić information content (AvgIpc) is 2.74. The lowest BCUT2D eigenvalue weighted by Crippen LogP contribution is -2.14. The highest BCUT2D eigenvalue weighted by Crippen LogP contribution is 2.38. The molecule has 0 radical (unpaired) electrons. The van der Waals surface area contributed by atoms with E-state index in [0.717, 1.165) is 11.5 Å². The topological polar surface area (TPSA) is 9.23 Å². The van der Waals surface area contributed by atoms with Crippen molar-refractivity contribution in [1.29, 1.82) is 0 Å². The minimum Gasteiger partial charge on any atom is -0.369 e. The van der Waals surface area contributed by atoms with Crippen LogP contribution < -0.4 is 0 Å². The molecule has 3 rings (SSSR count). The van der Waals surface area contributed by atoms with E-state index in [1.807, 2.05) is 19.1 Å². The summed E-state index contributed by atoms with van der Waals surface area (Å²) in [5.74, 6) is 1.41. The van der Waals surface area contributed by atoms with Crippen molar-refractivity contribution in [3.05, 3.63) is 71.0 Å². The first-order valence-corrected chi connectivity index (χ1v) is 11.2. The summed E-state index contributed by atoms with van der Waals surface area (Å²) >= 11 is 0. The highest BCUT2D eigenvalue weighted by molar-refractivity contribution is 5.34. The minimum atomic E-state index is -0.338. The molecule has 1 fully saturated rings. The van der Waals surface area contributed by atoms with Gasteiger partial charge in [0.25, 0.3) is 0 Å². The Morgan fingerprint density at radius 3 is 2.29 bits per heavy atom. The Labute approximate surface area is 170 Å². The number of unbranched alkanes of at least 4 members (excludes halogenated alkanes) is 2. The van der Waals surface area contributed by atoms with Gasteiger partial charge in [-0.1, -0.05) is 75.1 Å². The second-order valence-corrected chi connectivity index (χ2v) is 8.24. The lowest BCUT2D eigenvalue weighted by atomic mass is 9.77. The normalized spacial score (nSPS) is 20.8. The first kappa shape index (κ1) is 21.0. The van der Waals surface area contributed by atoms with Crippen LogP contribution in [0.1, 0.15) is 93.9 Å². The largest absolute Gasteiger partial charge is 0.369 e. The quantitative estimate of drug-likeness (QED) is 0.402. The molecular weight excluding hydrogens is 347 g/mol. The molecule has 1 nitrogen and oxygen atoms in total. The van der Waals surface area contributed by atoms with Gasteiger partial charge in [0, 0.05) is 12.2 Å². The predicted molar refractivity (Wildman–Crippen MR) is 115 cm³/mol. The summed E-state index contributed by atoms with van der Waals surface area (Å²) in [7, 11) is 0. The Morgan fingerprint density at radius 1 is 0.929 bits per heavy atom. The summed E-state index contributed by atoms with van der Waals surface area (Å²) in [6.07, 6.45) is 10.5. The molecule has 2 aromatic rings. The summed E-state index contributed by atoms with van der Waals surface area (Å²) in [5.41, 5.74) is 3.08. The molecule has 0 spiro atoms. The fraction of sp³-hybridized carbons (Fsp3) is 0.538. The molecule has 1 atom stereocenters. The zero-order valence-corrected chi connectivity index (χ0v) is 17.5. The highest BCUT2D eigenvalue weighted by Gasteiger charge is 2.23. The molecule has 0 saturated heterocycles. The van der Waals surface area contributed by atoms with Crippen molar-refractivity contribution < 1.29 is 9.13 Å². The van der Waals surface area contributed by atoms with E-state index in [9.17, 15) is 4.39 Å².